The van der Waals surface area contributed by atoms with Crippen molar-refractivity contribution >= 4 is 18.4 Å². The smallest absolute Gasteiger partial charge is 0.246 e. The van der Waals surface area contributed by atoms with Crippen LogP contribution in [0.2, 0.25) is 0 Å². The summed E-state index contributed by atoms with van der Waals surface area (Å²) in [6, 6.07) is 10.0. The Balaban J connectivity index is 0. The summed E-state index contributed by atoms with van der Waals surface area (Å²) in [7, 11) is 1.00. The Bertz CT molecular complexity index is 1000. The Hall–Kier alpha value is -3.51. The molecular formula is C37H59N3O3. The van der Waals surface area contributed by atoms with E-state index in [0.717, 1.165) is 69.9 Å². The Kier molecular flexibility index (Phi) is 27.7. The number of nitrogens with one attached hydrogen (secondary N) is 1. The third-order valence-corrected chi connectivity index (χ3v) is 5.84. The van der Waals surface area contributed by atoms with Gasteiger partial charge >= 0.3 is 0 Å². The molecule has 6 nitrogen and oxygen atoms in total. The Labute approximate surface area is 263 Å². The van der Waals surface area contributed by atoms with Gasteiger partial charge in [-0.3, -0.25) is 9.79 Å². The molecule has 1 rings (SSSR count). The number of hydrogen-bond donors (Lipinski definition) is 2. The number of rotatable bonds is 18. The van der Waals surface area contributed by atoms with E-state index in [0.29, 0.717) is 19.5 Å². The van der Waals surface area contributed by atoms with Crippen LogP contribution in [0.15, 0.2) is 95.7 Å². The first-order chi connectivity index (χ1) is 20.7. The second kappa shape index (κ2) is 28.6. The van der Waals surface area contributed by atoms with Gasteiger partial charge in [0.05, 0.1) is 6.54 Å². The fourth-order valence-corrected chi connectivity index (χ4v) is 3.78. The van der Waals surface area contributed by atoms with Crippen LogP contribution in [0.25, 0.3) is 0 Å². The minimum absolute atomic E-state index is 0.0773. The maximum absolute atomic E-state index is 12.4. The lowest BCUT2D eigenvalue weighted by molar-refractivity contribution is -0.125. The predicted octanol–water partition coefficient (Wildman–Crippen LogP) is 7.87. The molecule has 1 amide bonds. The topological polar surface area (TPSA) is 82.0 Å². The zero-order chi connectivity index (χ0) is 32.8. The van der Waals surface area contributed by atoms with Gasteiger partial charge in [0.15, 0.2) is 0 Å². The number of aliphatic imine (C=N–C) groups is 1. The molecule has 0 fully saturated rings. The first kappa shape index (κ1) is 41.6. The summed E-state index contributed by atoms with van der Waals surface area (Å²) in [6.45, 7) is 19.3. The lowest BCUT2D eigenvalue weighted by Crippen LogP contribution is -2.32. The molecule has 0 aliphatic carbocycles. The average molecular weight is 594 g/mol. The standard InChI is InChI=1S/C26H44N2O2.C10H11N.CH4O/c1-7-15-24(22-26(4,5)6)27-19-14-20-28(8-2)25(30)18-12-11-17-23(3)16-10-9-13-21-29;1-2-8-11-9-10-6-4-3-5-7-10;1-2/h7,12,15,17-18,21-22,27H,8-11,13-14,16,19-20H2,1-6H3;2-7,9H,1,8H2;2H,1H3/b15-7-,18-12+,23-17+,24-22+;;. The van der Waals surface area contributed by atoms with Crippen LogP contribution in [0, 0.1) is 5.41 Å². The molecule has 0 radical (unpaired) electrons. The van der Waals surface area contributed by atoms with Crippen LogP contribution in [0.3, 0.4) is 0 Å². The van der Waals surface area contributed by atoms with Crippen molar-refractivity contribution in [2.45, 2.75) is 80.1 Å². The normalized spacial score (nSPS) is 12.0. The highest BCUT2D eigenvalue weighted by atomic mass is 16.2. The number of carbonyl (C=O) groups excluding carboxylic acids is 2. The number of allylic oxidation sites excluding steroid dienone is 6. The summed E-state index contributed by atoms with van der Waals surface area (Å²) >= 11 is 0. The fourth-order valence-electron chi connectivity index (χ4n) is 3.78. The Morgan fingerprint density at radius 2 is 1.79 bits per heavy atom. The monoisotopic (exact) mass is 593 g/mol. The zero-order valence-corrected chi connectivity index (χ0v) is 28.0. The van der Waals surface area contributed by atoms with E-state index in [4.69, 9.17) is 5.11 Å². The molecule has 0 bridgehead atoms. The highest BCUT2D eigenvalue weighted by Gasteiger charge is 2.09. The van der Waals surface area contributed by atoms with Gasteiger partial charge in [-0.2, -0.15) is 0 Å². The Morgan fingerprint density at radius 3 is 2.37 bits per heavy atom. The quantitative estimate of drug-likeness (QED) is 0.0453. The number of amides is 1. The minimum Gasteiger partial charge on any atom is -0.400 e. The van der Waals surface area contributed by atoms with Crippen LogP contribution in [0.1, 0.15) is 85.6 Å². The molecule has 0 heterocycles. The van der Waals surface area contributed by atoms with Gasteiger partial charge < -0.3 is 20.1 Å². The molecule has 0 saturated heterocycles. The summed E-state index contributed by atoms with van der Waals surface area (Å²) in [4.78, 5) is 28.8. The lowest BCUT2D eigenvalue weighted by atomic mass is 9.95. The molecule has 1 aromatic rings. The first-order valence-electron chi connectivity index (χ1n) is 15.4. The number of likely N-dealkylation sites (N-methyl/N-ethyl adjacent to an activating group) is 1. The van der Waals surface area contributed by atoms with E-state index in [9.17, 15) is 9.59 Å². The van der Waals surface area contributed by atoms with E-state index in [1.54, 1.807) is 12.2 Å². The molecular weight excluding hydrogens is 534 g/mol. The highest BCUT2D eigenvalue weighted by molar-refractivity contribution is 5.87. The molecule has 0 atom stereocenters. The van der Waals surface area contributed by atoms with Gasteiger partial charge in [0.2, 0.25) is 5.91 Å². The van der Waals surface area contributed by atoms with Gasteiger partial charge in [-0.15, -0.1) is 6.58 Å². The van der Waals surface area contributed by atoms with Gasteiger partial charge in [-0.25, -0.2) is 0 Å². The predicted molar refractivity (Wildman–Crippen MR) is 187 cm³/mol. The van der Waals surface area contributed by atoms with Gasteiger partial charge in [-0.05, 0) is 76.0 Å². The average Bonchev–Trinajstić information content (AvgIpc) is 2.99. The van der Waals surface area contributed by atoms with E-state index in [2.05, 4.69) is 62.8 Å². The largest absolute Gasteiger partial charge is 0.400 e. The van der Waals surface area contributed by atoms with E-state index in [1.165, 1.54) is 5.57 Å². The molecule has 240 valence electrons. The minimum atomic E-state index is 0.0773. The number of benzene rings is 1. The SMILES string of the molecule is C/C=C\C(=C/C(C)(C)C)NCCCN(CC)C(=O)/C=C/C/C=C(\C)CCCCC=O.C=CCN=Cc1ccccc1.CO. The number of aliphatic hydroxyl groups is 1. The molecule has 1 aromatic carbocycles. The van der Waals surface area contributed by atoms with E-state index >= 15 is 0 Å². The van der Waals surface area contributed by atoms with Crippen molar-refractivity contribution < 1.29 is 14.7 Å². The van der Waals surface area contributed by atoms with Crippen LogP contribution in [-0.4, -0.2) is 61.7 Å². The molecule has 0 saturated carbocycles. The van der Waals surface area contributed by atoms with Crippen LogP contribution in [-0.2, 0) is 9.59 Å². The van der Waals surface area contributed by atoms with E-state index < -0.39 is 0 Å². The number of hydrogen-bond acceptors (Lipinski definition) is 5. The van der Waals surface area contributed by atoms with Crippen molar-refractivity contribution in [2.75, 3.05) is 33.3 Å². The molecule has 0 spiro atoms. The third-order valence-electron chi connectivity index (χ3n) is 5.84. The van der Waals surface area contributed by atoms with Crippen molar-refractivity contribution in [1.82, 2.24) is 10.2 Å². The Morgan fingerprint density at radius 1 is 1.09 bits per heavy atom. The van der Waals surface area contributed by atoms with Crippen molar-refractivity contribution in [3.05, 3.63) is 96.3 Å². The maximum atomic E-state index is 12.4. The molecule has 0 aliphatic rings. The summed E-state index contributed by atoms with van der Waals surface area (Å²) in [5, 5.41) is 10.5. The molecule has 2 N–H and O–H groups in total. The van der Waals surface area contributed by atoms with Gasteiger partial charge in [-0.1, -0.05) is 87.1 Å². The molecule has 43 heavy (non-hydrogen) atoms. The van der Waals surface area contributed by atoms with Gasteiger partial charge in [0.25, 0.3) is 0 Å². The maximum Gasteiger partial charge on any atom is 0.246 e. The second-order valence-electron chi connectivity index (χ2n) is 11.0. The first-order valence-corrected chi connectivity index (χ1v) is 15.4. The number of aliphatic hydroxyl groups excluding tert-OH is 1. The van der Waals surface area contributed by atoms with Crippen LogP contribution in [0.5, 0.6) is 0 Å². The number of carbonyl (C=O) groups is 2. The van der Waals surface area contributed by atoms with Crippen LogP contribution in [0.4, 0.5) is 0 Å². The van der Waals surface area contributed by atoms with Crippen LogP contribution >= 0.6 is 0 Å². The summed E-state index contributed by atoms with van der Waals surface area (Å²) in [5.41, 5.74) is 3.71. The molecule has 0 aromatic heterocycles. The summed E-state index contributed by atoms with van der Waals surface area (Å²) in [5.74, 6) is 0.0773. The molecule has 6 heteroatoms. The second-order valence-corrected chi connectivity index (χ2v) is 11.0. The highest BCUT2D eigenvalue weighted by Crippen LogP contribution is 2.17. The van der Waals surface area contributed by atoms with E-state index in [1.807, 2.05) is 67.4 Å². The number of unbranched alkanes of at least 4 members (excludes halogenated alkanes) is 2. The lowest BCUT2D eigenvalue weighted by Gasteiger charge is -2.20. The summed E-state index contributed by atoms with van der Waals surface area (Å²) < 4.78 is 0. The molecule has 0 aliphatic heterocycles. The van der Waals surface area contributed by atoms with Crippen molar-refractivity contribution in [3.63, 3.8) is 0 Å². The van der Waals surface area contributed by atoms with Crippen LogP contribution < -0.4 is 5.32 Å². The third kappa shape index (κ3) is 27.1. The zero-order valence-electron chi connectivity index (χ0n) is 28.0. The van der Waals surface area contributed by atoms with Crippen molar-refractivity contribution in [3.8, 4) is 0 Å². The van der Waals surface area contributed by atoms with Crippen molar-refractivity contribution in [2.24, 2.45) is 10.4 Å². The molecule has 0 unspecified atom stereocenters. The van der Waals surface area contributed by atoms with Gasteiger partial charge in [0.1, 0.15) is 6.29 Å². The van der Waals surface area contributed by atoms with Gasteiger partial charge in [0, 0.05) is 45.1 Å². The fraction of sp³-hybridized carbons (Fsp3) is 0.486. The van der Waals surface area contributed by atoms with E-state index in [-0.39, 0.29) is 11.3 Å². The number of aldehydes is 1. The summed E-state index contributed by atoms with van der Waals surface area (Å²) in [6.07, 6.45) is 22.1. The van der Waals surface area contributed by atoms with Crippen molar-refractivity contribution in [1.29, 1.82) is 0 Å². The number of nitrogens with zero attached hydrogens (tertiary/aromatic N) is 2.